The normalized spacial score (nSPS) is 11.8. The van der Waals surface area contributed by atoms with E-state index in [1.165, 1.54) is 0 Å². The van der Waals surface area contributed by atoms with Gasteiger partial charge in [0.15, 0.2) is 5.78 Å². The minimum absolute atomic E-state index is 0.0775. The number of carbonyl (C=O) groups is 1. The Bertz CT molecular complexity index is 378. The van der Waals surface area contributed by atoms with Crippen LogP contribution in [-0.2, 0) is 0 Å². The summed E-state index contributed by atoms with van der Waals surface area (Å²) in [4.78, 5) is 11.9. The van der Waals surface area contributed by atoms with E-state index in [9.17, 15) is 4.79 Å². The summed E-state index contributed by atoms with van der Waals surface area (Å²) in [7, 11) is 0. The molecular formula is C15H19NO. The van der Waals surface area contributed by atoms with Crippen molar-refractivity contribution in [3.63, 3.8) is 0 Å². The Hall–Kier alpha value is -1.62. The monoisotopic (exact) mass is 229 g/mol. The van der Waals surface area contributed by atoms with E-state index in [4.69, 9.17) is 5.26 Å². The lowest BCUT2D eigenvalue weighted by Crippen LogP contribution is -2.07. The number of unbranched alkanes of at least 4 members (excludes halogenated alkanes) is 2. The zero-order valence-corrected chi connectivity index (χ0v) is 10.4. The number of nitrogens with zero attached hydrogens (tertiary/aromatic N) is 1. The zero-order valence-electron chi connectivity index (χ0n) is 10.4. The van der Waals surface area contributed by atoms with E-state index in [0.717, 1.165) is 25.7 Å². The lowest BCUT2D eigenvalue weighted by Gasteiger charge is -2.07. The third-order valence-corrected chi connectivity index (χ3v) is 2.87. The maximum Gasteiger partial charge on any atom is 0.164 e. The molecule has 0 saturated heterocycles. The van der Waals surface area contributed by atoms with Crippen molar-refractivity contribution < 1.29 is 4.79 Å². The van der Waals surface area contributed by atoms with Crippen molar-refractivity contribution in [2.75, 3.05) is 0 Å². The predicted molar refractivity (Wildman–Crippen MR) is 68.6 cm³/mol. The summed E-state index contributed by atoms with van der Waals surface area (Å²) < 4.78 is 0. The third kappa shape index (κ3) is 4.82. The zero-order chi connectivity index (χ0) is 12.5. The van der Waals surface area contributed by atoms with Crippen LogP contribution in [0.4, 0.5) is 0 Å². The summed E-state index contributed by atoms with van der Waals surface area (Å²) in [5, 5.41) is 9.02. The topological polar surface area (TPSA) is 40.9 Å². The van der Waals surface area contributed by atoms with Gasteiger partial charge >= 0.3 is 0 Å². The molecule has 0 aliphatic heterocycles. The summed E-state index contributed by atoms with van der Waals surface area (Å²) >= 11 is 0. The van der Waals surface area contributed by atoms with Crippen LogP contribution in [0.15, 0.2) is 30.3 Å². The van der Waals surface area contributed by atoms with Gasteiger partial charge in [-0.2, -0.15) is 5.26 Å². The highest BCUT2D eigenvalue weighted by atomic mass is 16.1. The van der Waals surface area contributed by atoms with Crippen molar-refractivity contribution in [1.82, 2.24) is 0 Å². The Balaban J connectivity index is 2.46. The highest BCUT2D eigenvalue weighted by Crippen LogP contribution is 2.16. The summed E-state index contributed by atoms with van der Waals surface area (Å²) in [6, 6.07) is 11.5. The molecule has 0 spiro atoms. The summed E-state index contributed by atoms with van der Waals surface area (Å²) in [5.41, 5.74) is 0.711. The molecular weight excluding hydrogens is 210 g/mol. The molecule has 0 aromatic heterocycles. The Labute approximate surface area is 103 Å². The Morgan fingerprint density at radius 3 is 2.59 bits per heavy atom. The van der Waals surface area contributed by atoms with Gasteiger partial charge in [-0.05, 0) is 6.42 Å². The lowest BCUT2D eigenvalue weighted by molar-refractivity contribution is 0.0968. The van der Waals surface area contributed by atoms with Crippen molar-refractivity contribution in [3.8, 4) is 6.07 Å². The lowest BCUT2D eigenvalue weighted by atomic mass is 9.94. The number of hydrogen-bond donors (Lipinski definition) is 0. The number of hydrogen-bond acceptors (Lipinski definition) is 2. The largest absolute Gasteiger partial charge is 0.294 e. The van der Waals surface area contributed by atoms with Crippen LogP contribution in [0.5, 0.6) is 0 Å². The number of rotatable bonds is 7. The van der Waals surface area contributed by atoms with Gasteiger partial charge in [-0.25, -0.2) is 0 Å². The van der Waals surface area contributed by atoms with E-state index in [1.54, 1.807) is 0 Å². The third-order valence-electron chi connectivity index (χ3n) is 2.87. The molecule has 1 aromatic rings. The van der Waals surface area contributed by atoms with E-state index < -0.39 is 0 Å². The number of ketones is 1. The summed E-state index contributed by atoms with van der Waals surface area (Å²) in [5.74, 6) is -0.0529. The van der Waals surface area contributed by atoms with Crippen LogP contribution >= 0.6 is 0 Å². The molecule has 0 amide bonds. The van der Waals surface area contributed by atoms with Crippen molar-refractivity contribution in [2.24, 2.45) is 5.92 Å². The Morgan fingerprint density at radius 1 is 1.29 bits per heavy atom. The van der Waals surface area contributed by atoms with Crippen LogP contribution in [0, 0.1) is 17.2 Å². The minimum Gasteiger partial charge on any atom is -0.294 e. The van der Waals surface area contributed by atoms with Gasteiger partial charge in [0.05, 0.1) is 12.0 Å². The molecule has 1 aromatic carbocycles. The average Bonchev–Trinajstić information content (AvgIpc) is 2.38. The molecule has 90 valence electrons. The highest BCUT2D eigenvalue weighted by Gasteiger charge is 2.14. The molecule has 0 fully saturated rings. The first-order chi connectivity index (χ1) is 8.27. The summed E-state index contributed by atoms with van der Waals surface area (Å²) in [6.07, 6.45) is 4.51. The minimum atomic E-state index is -0.130. The molecule has 1 atom stereocenters. The molecule has 0 aliphatic carbocycles. The van der Waals surface area contributed by atoms with E-state index in [-0.39, 0.29) is 11.7 Å². The van der Waals surface area contributed by atoms with E-state index in [0.29, 0.717) is 12.0 Å². The number of carbonyl (C=O) groups excluding carboxylic acids is 1. The molecule has 0 unspecified atom stereocenters. The molecule has 2 nitrogen and oxygen atoms in total. The smallest absolute Gasteiger partial charge is 0.164 e. The van der Waals surface area contributed by atoms with E-state index in [2.05, 4.69) is 13.0 Å². The molecule has 0 heterocycles. The quantitative estimate of drug-likeness (QED) is 0.524. The fourth-order valence-electron chi connectivity index (χ4n) is 1.82. The number of benzene rings is 1. The Morgan fingerprint density at radius 2 is 2.00 bits per heavy atom. The maximum atomic E-state index is 11.9. The first-order valence-electron chi connectivity index (χ1n) is 6.25. The first kappa shape index (κ1) is 13.4. The first-order valence-corrected chi connectivity index (χ1v) is 6.25. The summed E-state index contributed by atoms with van der Waals surface area (Å²) in [6.45, 7) is 2.14. The second-order valence-corrected chi connectivity index (χ2v) is 4.32. The maximum absolute atomic E-state index is 11.9. The van der Waals surface area contributed by atoms with Crippen molar-refractivity contribution >= 4 is 5.78 Å². The second-order valence-electron chi connectivity index (χ2n) is 4.32. The molecule has 0 aliphatic rings. The van der Waals surface area contributed by atoms with Gasteiger partial charge in [0.25, 0.3) is 0 Å². The van der Waals surface area contributed by atoms with Crippen molar-refractivity contribution in [1.29, 1.82) is 5.26 Å². The number of nitriles is 1. The van der Waals surface area contributed by atoms with Gasteiger partial charge in [0.1, 0.15) is 0 Å². The number of Topliss-reactive ketones (excluding diaryl/α,β-unsaturated/α-hetero) is 1. The average molecular weight is 229 g/mol. The van der Waals surface area contributed by atoms with Crippen LogP contribution in [0.2, 0.25) is 0 Å². The van der Waals surface area contributed by atoms with Gasteiger partial charge in [-0.1, -0.05) is 56.5 Å². The van der Waals surface area contributed by atoms with E-state index in [1.807, 2.05) is 30.3 Å². The van der Waals surface area contributed by atoms with Crippen LogP contribution in [0.3, 0.4) is 0 Å². The van der Waals surface area contributed by atoms with Gasteiger partial charge in [0, 0.05) is 12.0 Å². The molecule has 0 saturated carbocycles. The molecule has 1 rings (SSSR count). The molecule has 0 N–H and O–H groups in total. The standard InChI is InChI=1S/C15H19NO/c1-2-3-5-8-13(12-16)11-15(17)14-9-6-4-7-10-14/h4,6-7,9-10,13H,2-3,5,8,11H2,1H3/t13-/m0/s1. The van der Waals surface area contributed by atoms with Crippen LogP contribution in [-0.4, -0.2) is 5.78 Å². The van der Waals surface area contributed by atoms with Gasteiger partial charge in [0.2, 0.25) is 0 Å². The molecule has 0 bridgehead atoms. The predicted octanol–water partition coefficient (Wildman–Crippen LogP) is 3.98. The van der Waals surface area contributed by atoms with Gasteiger partial charge in [-0.3, -0.25) is 4.79 Å². The molecule has 17 heavy (non-hydrogen) atoms. The van der Waals surface area contributed by atoms with Crippen molar-refractivity contribution in [2.45, 2.75) is 39.0 Å². The fourth-order valence-corrected chi connectivity index (χ4v) is 1.82. The van der Waals surface area contributed by atoms with Gasteiger partial charge < -0.3 is 0 Å². The second kappa shape index (κ2) is 7.62. The SMILES string of the molecule is CCCCC[C@H](C#N)CC(=O)c1ccccc1. The molecule has 2 heteroatoms. The van der Waals surface area contributed by atoms with Crippen LogP contribution in [0.1, 0.15) is 49.4 Å². The Kier molecular flexibility index (Phi) is 6.03. The van der Waals surface area contributed by atoms with E-state index >= 15 is 0 Å². The van der Waals surface area contributed by atoms with Crippen LogP contribution in [0.25, 0.3) is 0 Å². The highest BCUT2D eigenvalue weighted by molar-refractivity contribution is 5.96. The fraction of sp³-hybridized carbons (Fsp3) is 0.467. The molecule has 0 radical (unpaired) electrons. The van der Waals surface area contributed by atoms with Gasteiger partial charge in [-0.15, -0.1) is 0 Å². The van der Waals surface area contributed by atoms with Crippen molar-refractivity contribution in [3.05, 3.63) is 35.9 Å². The van der Waals surface area contributed by atoms with Crippen LogP contribution < -0.4 is 0 Å².